The molecule has 2 rings (SSSR count). The summed E-state index contributed by atoms with van der Waals surface area (Å²) in [6.07, 6.45) is 0. The minimum absolute atomic E-state index is 0.161. The number of nitrogens with zero attached hydrogens (tertiary/aromatic N) is 1. The van der Waals surface area contributed by atoms with Crippen LogP contribution in [0.5, 0.6) is 0 Å². The normalized spacial score (nSPS) is 10.3. The number of pyridine rings is 1. The Kier molecular flexibility index (Phi) is 4.22. The van der Waals surface area contributed by atoms with Crippen molar-refractivity contribution < 1.29 is 4.79 Å². The molecule has 5 heteroatoms. The monoisotopic (exact) mass is 338 g/mol. The van der Waals surface area contributed by atoms with E-state index in [0.29, 0.717) is 22.1 Å². The molecule has 3 nitrogen and oxygen atoms in total. The third-order valence-electron chi connectivity index (χ3n) is 2.81. The van der Waals surface area contributed by atoms with Crippen molar-refractivity contribution in [3.05, 3.63) is 56.8 Å². The summed E-state index contributed by atoms with van der Waals surface area (Å²) < 4.78 is 0.908. The zero-order valence-corrected chi connectivity index (χ0v) is 12.8. The summed E-state index contributed by atoms with van der Waals surface area (Å²) in [6.45, 7) is 3.70. The van der Waals surface area contributed by atoms with Crippen LogP contribution in [0.15, 0.2) is 34.8 Å². The van der Waals surface area contributed by atoms with Crippen molar-refractivity contribution in [3.8, 4) is 0 Å². The van der Waals surface area contributed by atoms with Crippen molar-refractivity contribution in [1.29, 1.82) is 0 Å². The first-order chi connectivity index (χ1) is 8.99. The lowest BCUT2D eigenvalue weighted by molar-refractivity contribution is 0.102. The van der Waals surface area contributed by atoms with Crippen LogP contribution in [0.1, 0.15) is 21.6 Å². The van der Waals surface area contributed by atoms with E-state index in [2.05, 4.69) is 26.2 Å². The van der Waals surface area contributed by atoms with Crippen molar-refractivity contribution in [2.24, 2.45) is 0 Å². The molecule has 0 atom stereocenters. The lowest BCUT2D eigenvalue weighted by atomic mass is 10.1. The number of benzene rings is 1. The first kappa shape index (κ1) is 14.0. The third kappa shape index (κ3) is 3.14. The number of anilines is 1. The largest absolute Gasteiger partial charge is 0.320 e. The van der Waals surface area contributed by atoms with Crippen LogP contribution in [-0.2, 0) is 0 Å². The molecular weight excluding hydrogens is 328 g/mol. The van der Waals surface area contributed by atoms with Crippen molar-refractivity contribution in [3.63, 3.8) is 0 Å². The van der Waals surface area contributed by atoms with Gasteiger partial charge in [0.1, 0.15) is 5.15 Å². The highest BCUT2D eigenvalue weighted by atomic mass is 79.9. The molecule has 0 saturated heterocycles. The molecule has 1 heterocycles. The van der Waals surface area contributed by atoms with Gasteiger partial charge in [0, 0.05) is 10.0 Å². The number of hydrogen-bond acceptors (Lipinski definition) is 2. The van der Waals surface area contributed by atoms with Gasteiger partial charge in [-0.3, -0.25) is 4.79 Å². The maximum atomic E-state index is 12.2. The van der Waals surface area contributed by atoms with E-state index in [-0.39, 0.29) is 5.91 Å². The van der Waals surface area contributed by atoms with Crippen LogP contribution in [0.25, 0.3) is 0 Å². The van der Waals surface area contributed by atoms with Crippen LogP contribution in [0.4, 0.5) is 5.69 Å². The number of aromatic nitrogens is 1. The summed E-state index contributed by atoms with van der Waals surface area (Å²) in [6, 6.07) is 8.92. The highest BCUT2D eigenvalue weighted by Crippen LogP contribution is 2.21. The summed E-state index contributed by atoms with van der Waals surface area (Å²) in [7, 11) is 0. The fourth-order valence-corrected chi connectivity index (χ4v) is 2.26. The van der Waals surface area contributed by atoms with E-state index in [1.165, 1.54) is 0 Å². The number of carbonyl (C=O) groups excluding carboxylic acids is 1. The van der Waals surface area contributed by atoms with Gasteiger partial charge in [-0.1, -0.05) is 33.6 Å². The Balaban J connectivity index is 2.28. The van der Waals surface area contributed by atoms with Gasteiger partial charge in [0.15, 0.2) is 0 Å². The van der Waals surface area contributed by atoms with E-state index < -0.39 is 0 Å². The SMILES string of the molecule is Cc1nc(Cl)ccc1NC(=O)c1cccc(Br)c1C. The van der Waals surface area contributed by atoms with Crippen LogP contribution in [-0.4, -0.2) is 10.9 Å². The fourth-order valence-electron chi connectivity index (χ4n) is 1.71. The van der Waals surface area contributed by atoms with Crippen LogP contribution in [0.2, 0.25) is 5.15 Å². The van der Waals surface area contributed by atoms with Gasteiger partial charge in [0.05, 0.1) is 11.4 Å². The highest BCUT2D eigenvalue weighted by Gasteiger charge is 2.12. The van der Waals surface area contributed by atoms with E-state index in [1.54, 1.807) is 25.1 Å². The number of aryl methyl sites for hydroxylation is 1. The highest BCUT2D eigenvalue weighted by molar-refractivity contribution is 9.10. The summed E-state index contributed by atoms with van der Waals surface area (Å²) in [4.78, 5) is 16.3. The van der Waals surface area contributed by atoms with Gasteiger partial charge >= 0.3 is 0 Å². The molecule has 98 valence electrons. The molecule has 0 radical (unpaired) electrons. The quantitative estimate of drug-likeness (QED) is 0.826. The molecule has 1 aromatic carbocycles. The van der Waals surface area contributed by atoms with Gasteiger partial charge in [0.25, 0.3) is 5.91 Å². The maximum absolute atomic E-state index is 12.2. The number of amides is 1. The molecule has 0 aliphatic rings. The molecule has 0 saturated carbocycles. The number of hydrogen-bond donors (Lipinski definition) is 1. The van der Waals surface area contributed by atoms with E-state index in [9.17, 15) is 4.79 Å². The number of halogens is 2. The number of rotatable bonds is 2. The van der Waals surface area contributed by atoms with Gasteiger partial charge in [-0.2, -0.15) is 0 Å². The smallest absolute Gasteiger partial charge is 0.256 e. The van der Waals surface area contributed by atoms with Crippen LogP contribution in [0, 0.1) is 13.8 Å². The van der Waals surface area contributed by atoms with Crippen molar-refractivity contribution in [2.75, 3.05) is 5.32 Å². The zero-order chi connectivity index (χ0) is 14.0. The summed E-state index contributed by atoms with van der Waals surface area (Å²) in [5, 5.41) is 3.25. The topological polar surface area (TPSA) is 42.0 Å². The summed E-state index contributed by atoms with van der Waals surface area (Å²) in [5.74, 6) is -0.161. The standard InChI is InChI=1S/C14H12BrClN2O/c1-8-10(4-3-5-11(8)15)14(19)18-12-6-7-13(16)17-9(12)2/h3-7H,1-2H3,(H,18,19). The molecule has 1 amide bonds. The van der Waals surface area contributed by atoms with Crippen molar-refractivity contribution >= 4 is 39.1 Å². The first-order valence-corrected chi connectivity index (χ1v) is 6.85. The molecule has 2 aromatic rings. The third-order valence-corrected chi connectivity index (χ3v) is 3.88. The van der Waals surface area contributed by atoms with E-state index in [4.69, 9.17) is 11.6 Å². The Morgan fingerprint density at radius 1 is 1.26 bits per heavy atom. The molecule has 0 aliphatic carbocycles. The fraction of sp³-hybridized carbons (Fsp3) is 0.143. The van der Waals surface area contributed by atoms with Crippen LogP contribution >= 0.6 is 27.5 Å². The number of nitrogens with one attached hydrogen (secondary N) is 1. The molecule has 19 heavy (non-hydrogen) atoms. The lowest BCUT2D eigenvalue weighted by Crippen LogP contribution is -2.14. The summed E-state index contributed by atoms with van der Waals surface area (Å²) in [5.41, 5.74) is 2.88. The predicted octanol–water partition coefficient (Wildman–Crippen LogP) is 4.37. The minimum Gasteiger partial charge on any atom is -0.320 e. The Bertz CT molecular complexity index is 643. The lowest BCUT2D eigenvalue weighted by Gasteiger charge is -2.10. The molecular formula is C14H12BrClN2O. The van der Waals surface area contributed by atoms with Crippen LogP contribution in [0.3, 0.4) is 0 Å². The molecule has 0 spiro atoms. The Labute approximate surface area is 125 Å². The van der Waals surface area contributed by atoms with E-state index >= 15 is 0 Å². The molecule has 0 fully saturated rings. The zero-order valence-electron chi connectivity index (χ0n) is 10.5. The number of carbonyl (C=O) groups is 1. The van der Waals surface area contributed by atoms with E-state index in [1.807, 2.05) is 19.1 Å². The second-order valence-corrected chi connectivity index (χ2v) is 5.38. The van der Waals surface area contributed by atoms with Gasteiger partial charge in [-0.15, -0.1) is 0 Å². The second-order valence-electron chi connectivity index (χ2n) is 4.13. The first-order valence-electron chi connectivity index (χ1n) is 5.68. The van der Waals surface area contributed by atoms with Gasteiger partial charge in [-0.25, -0.2) is 4.98 Å². The van der Waals surface area contributed by atoms with Gasteiger partial charge in [-0.05, 0) is 43.7 Å². The minimum atomic E-state index is -0.161. The van der Waals surface area contributed by atoms with Gasteiger partial charge in [0.2, 0.25) is 0 Å². The Hall–Kier alpha value is -1.39. The van der Waals surface area contributed by atoms with Crippen LogP contribution < -0.4 is 5.32 Å². The molecule has 1 aromatic heterocycles. The van der Waals surface area contributed by atoms with Crippen molar-refractivity contribution in [1.82, 2.24) is 4.98 Å². The second kappa shape index (κ2) is 5.72. The average Bonchev–Trinajstić information content (AvgIpc) is 2.36. The molecule has 1 N–H and O–H groups in total. The summed E-state index contributed by atoms with van der Waals surface area (Å²) >= 11 is 9.20. The maximum Gasteiger partial charge on any atom is 0.256 e. The predicted molar refractivity (Wildman–Crippen MR) is 80.8 cm³/mol. The van der Waals surface area contributed by atoms with Crippen molar-refractivity contribution in [2.45, 2.75) is 13.8 Å². The molecule has 0 aliphatic heterocycles. The average molecular weight is 340 g/mol. The Morgan fingerprint density at radius 3 is 2.68 bits per heavy atom. The molecule has 0 unspecified atom stereocenters. The Morgan fingerprint density at radius 2 is 2.00 bits per heavy atom. The van der Waals surface area contributed by atoms with Gasteiger partial charge < -0.3 is 5.32 Å². The molecule has 0 bridgehead atoms. The van der Waals surface area contributed by atoms with E-state index in [0.717, 1.165) is 10.0 Å².